The predicted octanol–water partition coefficient (Wildman–Crippen LogP) is 15.1. The third-order valence-corrected chi connectivity index (χ3v) is 15.6. The van der Waals surface area contributed by atoms with Crippen LogP contribution in [-0.2, 0) is 0 Å². The van der Waals surface area contributed by atoms with Crippen LogP contribution in [0.25, 0.3) is 0 Å². The lowest BCUT2D eigenvalue weighted by molar-refractivity contribution is 0.149. The maximum absolute atomic E-state index is 2.43. The molecule has 0 spiro atoms. The van der Waals surface area contributed by atoms with Gasteiger partial charge in [0.05, 0.1) is 0 Å². The molecule has 6 aliphatic carbocycles. The van der Waals surface area contributed by atoms with E-state index in [1.54, 1.807) is 77.0 Å². The van der Waals surface area contributed by atoms with Crippen molar-refractivity contribution in [3.05, 3.63) is 0 Å². The van der Waals surface area contributed by atoms with Gasteiger partial charge in [-0.2, -0.15) is 0 Å². The molecular weight excluding hydrogens is 540 g/mol. The highest BCUT2D eigenvalue weighted by Crippen LogP contribution is 2.44. The SMILES string of the molecule is CCC1CCC(C2CCC(C)CC2)CC1.CCC1CCC(C2CCC(C)CC2)CC1.CCC1CCC(C2CCC(C)CC2)CC1. The first-order valence-corrected chi connectivity index (χ1v) is 21.9. The van der Waals surface area contributed by atoms with Gasteiger partial charge in [-0.3, -0.25) is 0 Å². The summed E-state index contributed by atoms with van der Waals surface area (Å²) in [5.41, 5.74) is 0. The summed E-state index contributed by atoms with van der Waals surface area (Å²) in [6.07, 6.45) is 41.1. The van der Waals surface area contributed by atoms with Crippen LogP contribution in [0.4, 0.5) is 0 Å². The predicted molar refractivity (Wildman–Crippen MR) is 201 cm³/mol. The summed E-state index contributed by atoms with van der Waals surface area (Å²) in [6, 6.07) is 0. The van der Waals surface area contributed by atoms with E-state index < -0.39 is 0 Å². The van der Waals surface area contributed by atoms with Crippen LogP contribution in [0, 0.1) is 71.0 Å². The van der Waals surface area contributed by atoms with Crippen molar-refractivity contribution < 1.29 is 0 Å². The summed E-state index contributed by atoms with van der Waals surface area (Å²) in [4.78, 5) is 0. The Morgan fingerprint density at radius 3 is 0.556 bits per heavy atom. The molecule has 6 fully saturated rings. The van der Waals surface area contributed by atoms with E-state index in [0.29, 0.717) is 0 Å². The van der Waals surface area contributed by atoms with Crippen LogP contribution in [0.2, 0.25) is 0 Å². The Morgan fingerprint density at radius 2 is 0.400 bits per heavy atom. The molecule has 45 heavy (non-hydrogen) atoms. The fourth-order valence-corrected chi connectivity index (χ4v) is 11.5. The molecule has 0 aliphatic heterocycles. The average Bonchev–Trinajstić information content (AvgIpc) is 3.10. The van der Waals surface area contributed by atoms with Gasteiger partial charge in [-0.05, 0) is 148 Å². The van der Waals surface area contributed by atoms with Crippen LogP contribution in [0.1, 0.15) is 215 Å². The molecule has 0 atom stereocenters. The van der Waals surface area contributed by atoms with E-state index in [9.17, 15) is 0 Å². The van der Waals surface area contributed by atoms with E-state index in [4.69, 9.17) is 0 Å². The van der Waals surface area contributed by atoms with Gasteiger partial charge in [0.2, 0.25) is 0 Å². The summed E-state index contributed by atoms with van der Waals surface area (Å²) in [5.74, 6) is 12.9. The second-order valence-electron chi connectivity index (χ2n) is 18.6. The molecule has 0 heteroatoms. The second-order valence-corrected chi connectivity index (χ2v) is 18.6. The lowest BCUT2D eigenvalue weighted by Gasteiger charge is -2.37. The van der Waals surface area contributed by atoms with Crippen LogP contribution < -0.4 is 0 Å². The number of hydrogen-bond acceptors (Lipinski definition) is 0. The highest BCUT2D eigenvalue weighted by atomic mass is 14.4. The van der Waals surface area contributed by atoms with E-state index >= 15 is 0 Å². The molecule has 0 heterocycles. The molecule has 0 amide bonds. The molecular formula is C45H84. The fraction of sp³-hybridized carbons (Fsp3) is 1.00. The molecule has 6 rings (SSSR count). The minimum atomic E-state index is 1.02. The Hall–Kier alpha value is 0. The summed E-state index contributed by atoms with van der Waals surface area (Å²) in [5, 5.41) is 0. The minimum absolute atomic E-state index is 1.02. The first-order chi connectivity index (χ1) is 21.9. The molecule has 0 unspecified atom stereocenters. The standard InChI is InChI=1S/3C15H28/c3*1-3-13-6-10-15(11-7-13)14-8-4-12(2)5-9-14/h3*12-15H,3-11H2,1-2H3. The van der Waals surface area contributed by atoms with Crippen LogP contribution >= 0.6 is 0 Å². The maximum Gasteiger partial charge on any atom is -0.0386 e. The van der Waals surface area contributed by atoms with E-state index in [1.807, 2.05) is 0 Å². The Balaban J connectivity index is 0.000000154. The highest BCUT2D eigenvalue weighted by molar-refractivity contribution is 4.83. The van der Waals surface area contributed by atoms with E-state index in [-0.39, 0.29) is 0 Å². The molecule has 0 aromatic rings. The maximum atomic E-state index is 2.43. The van der Waals surface area contributed by atoms with Crippen LogP contribution in [-0.4, -0.2) is 0 Å². The first-order valence-electron chi connectivity index (χ1n) is 21.9. The zero-order valence-electron chi connectivity index (χ0n) is 32.0. The normalized spacial score (nSPS) is 42.8. The largest absolute Gasteiger partial charge is 0.0651 e. The molecule has 0 nitrogen and oxygen atoms in total. The highest BCUT2D eigenvalue weighted by Gasteiger charge is 2.31. The lowest BCUT2D eigenvalue weighted by Crippen LogP contribution is -2.25. The first kappa shape index (κ1) is 37.8. The molecule has 264 valence electrons. The van der Waals surface area contributed by atoms with Gasteiger partial charge in [0.25, 0.3) is 0 Å². The number of hydrogen-bond donors (Lipinski definition) is 0. The summed E-state index contributed by atoms with van der Waals surface area (Å²) in [6.45, 7) is 14.4. The molecule has 0 aromatic heterocycles. The van der Waals surface area contributed by atoms with Crippen molar-refractivity contribution in [3.8, 4) is 0 Å². The lowest BCUT2D eigenvalue weighted by atomic mass is 9.69. The van der Waals surface area contributed by atoms with E-state index in [2.05, 4.69) is 41.5 Å². The average molecular weight is 625 g/mol. The quantitative estimate of drug-likeness (QED) is 0.276. The Bertz CT molecular complexity index is 605. The second kappa shape index (κ2) is 20.5. The zero-order valence-corrected chi connectivity index (χ0v) is 32.0. The summed E-state index contributed by atoms with van der Waals surface area (Å²) >= 11 is 0. The Morgan fingerprint density at radius 1 is 0.244 bits per heavy atom. The Kier molecular flexibility index (Phi) is 17.2. The molecule has 0 radical (unpaired) electrons. The van der Waals surface area contributed by atoms with Gasteiger partial charge in [-0.25, -0.2) is 0 Å². The molecule has 0 bridgehead atoms. The van der Waals surface area contributed by atoms with Crippen molar-refractivity contribution in [1.29, 1.82) is 0 Å². The monoisotopic (exact) mass is 625 g/mol. The van der Waals surface area contributed by atoms with Crippen molar-refractivity contribution >= 4 is 0 Å². The van der Waals surface area contributed by atoms with Gasteiger partial charge in [-0.1, -0.05) is 138 Å². The number of rotatable bonds is 6. The van der Waals surface area contributed by atoms with E-state index in [0.717, 1.165) is 71.0 Å². The molecule has 0 N–H and O–H groups in total. The van der Waals surface area contributed by atoms with Crippen LogP contribution in [0.3, 0.4) is 0 Å². The topological polar surface area (TPSA) is 0 Å². The Labute approximate surface area is 285 Å². The third-order valence-electron chi connectivity index (χ3n) is 15.6. The smallest absolute Gasteiger partial charge is 0.0386 e. The van der Waals surface area contributed by atoms with Crippen molar-refractivity contribution in [3.63, 3.8) is 0 Å². The van der Waals surface area contributed by atoms with Gasteiger partial charge in [-0.15, -0.1) is 0 Å². The van der Waals surface area contributed by atoms with Crippen LogP contribution in [0.5, 0.6) is 0 Å². The molecule has 6 aliphatic rings. The van der Waals surface area contributed by atoms with Crippen molar-refractivity contribution in [2.45, 2.75) is 215 Å². The van der Waals surface area contributed by atoms with Gasteiger partial charge in [0.1, 0.15) is 0 Å². The van der Waals surface area contributed by atoms with Gasteiger partial charge >= 0.3 is 0 Å². The minimum Gasteiger partial charge on any atom is -0.0651 e. The summed E-state index contributed by atoms with van der Waals surface area (Å²) in [7, 11) is 0. The summed E-state index contributed by atoms with van der Waals surface area (Å²) < 4.78 is 0. The molecule has 6 saturated carbocycles. The van der Waals surface area contributed by atoms with Gasteiger partial charge in [0, 0.05) is 0 Å². The van der Waals surface area contributed by atoms with Crippen molar-refractivity contribution in [2.75, 3.05) is 0 Å². The molecule has 0 saturated heterocycles. The molecule has 0 aromatic carbocycles. The van der Waals surface area contributed by atoms with Gasteiger partial charge in [0.15, 0.2) is 0 Å². The fourth-order valence-electron chi connectivity index (χ4n) is 11.5. The van der Waals surface area contributed by atoms with Crippen molar-refractivity contribution in [2.24, 2.45) is 71.0 Å². The van der Waals surface area contributed by atoms with E-state index in [1.165, 1.54) is 96.3 Å². The third kappa shape index (κ3) is 12.8. The van der Waals surface area contributed by atoms with Crippen molar-refractivity contribution in [1.82, 2.24) is 0 Å². The zero-order chi connectivity index (χ0) is 32.0. The van der Waals surface area contributed by atoms with Gasteiger partial charge < -0.3 is 0 Å². The van der Waals surface area contributed by atoms with Crippen LogP contribution in [0.15, 0.2) is 0 Å².